The van der Waals surface area contributed by atoms with Crippen LogP contribution in [0.2, 0.25) is 0 Å². The number of Topliss-reactive ketones (excluding diaryl/α,β-unsaturated/α-hetero) is 1. The molecular formula is C6H12ClNO2. The average Bonchev–Trinajstić information content (AvgIpc) is 2.37. The number of aliphatic hydroxyl groups is 1. The first-order valence-corrected chi connectivity index (χ1v) is 3.21. The number of hydrogen-bond acceptors (Lipinski definition) is 3. The fraction of sp³-hybridized carbons (Fsp3) is 0.833. The summed E-state index contributed by atoms with van der Waals surface area (Å²) in [6, 6.07) is -0.0602. The molecule has 0 radical (unpaired) electrons. The first-order valence-electron chi connectivity index (χ1n) is 3.21. The average molecular weight is 166 g/mol. The summed E-state index contributed by atoms with van der Waals surface area (Å²) in [5, 5.41) is 11.4. The number of ketones is 1. The molecule has 10 heavy (non-hydrogen) atoms. The SMILES string of the molecule is Cl.O=C(CO)C1CCCN1. The second-order valence-electron chi connectivity index (χ2n) is 2.27. The van der Waals surface area contributed by atoms with Crippen molar-refractivity contribution in [3.8, 4) is 0 Å². The minimum Gasteiger partial charge on any atom is -0.389 e. The van der Waals surface area contributed by atoms with Crippen molar-refractivity contribution in [2.24, 2.45) is 0 Å². The molecule has 0 aliphatic carbocycles. The Bertz CT molecular complexity index is 112. The molecule has 3 nitrogen and oxygen atoms in total. The summed E-state index contributed by atoms with van der Waals surface area (Å²) >= 11 is 0. The molecule has 60 valence electrons. The molecular weight excluding hydrogens is 154 g/mol. The second kappa shape index (κ2) is 4.66. The van der Waals surface area contributed by atoms with Gasteiger partial charge < -0.3 is 10.4 Å². The van der Waals surface area contributed by atoms with Crippen LogP contribution in [-0.2, 0) is 4.79 Å². The molecule has 0 spiro atoms. The van der Waals surface area contributed by atoms with Gasteiger partial charge >= 0.3 is 0 Å². The van der Waals surface area contributed by atoms with Gasteiger partial charge in [0.05, 0.1) is 6.04 Å². The fourth-order valence-corrected chi connectivity index (χ4v) is 1.07. The van der Waals surface area contributed by atoms with E-state index in [9.17, 15) is 4.79 Å². The molecule has 1 aliphatic rings. The minimum atomic E-state index is -0.322. The largest absolute Gasteiger partial charge is 0.389 e. The van der Waals surface area contributed by atoms with Crippen LogP contribution in [0.5, 0.6) is 0 Å². The predicted molar refractivity (Wildman–Crippen MR) is 40.4 cm³/mol. The van der Waals surface area contributed by atoms with Crippen LogP contribution >= 0.6 is 12.4 Å². The predicted octanol–water partition coefficient (Wildman–Crippen LogP) is -0.278. The van der Waals surface area contributed by atoms with Gasteiger partial charge in [-0.15, -0.1) is 12.4 Å². The van der Waals surface area contributed by atoms with E-state index < -0.39 is 0 Å². The number of halogens is 1. The number of hydrogen-bond donors (Lipinski definition) is 2. The van der Waals surface area contributed by atoms with Gasteiger partial charge in [0.1, 0.15) is 6.61 Å². The quantitative estimate of drug-likeness (QED) is 0.592. The van der Waals surface area contributed by atoms with E-state index in [1.807, 2.05) is 0 Å². The first kappa shape index (κ1) is 9.88. The second-order valence-corrected chi connectivity index (χ2v) is 2.27. The third-order valence-corrected chi connectivity index (χ3v) is 1.60. The van der Waals surface area contributed by atoms with Crippen molar-refractivity contribution >= 4 is 18.2 Å². The van der Waals surface area contributed by atoms with E-state index in [1.165, 1.54) is 0 Å². The summed E-state index contributed by atoms with van der Waals surface area (Å²) in [6.45, 7) is 0.591. The molecule has 1 aliphatic heterocycles. The highest BCUT2D eigenvalue weighted by molar-refractivity contribution is 5.85. The van der Waals surface area contributed by atoms with Crippen molar-refractivity contribution in [3.05, 3.63) is 0 Å². The van der Waals surface area contributed by atoms with Crippen LogP contribution < -0.4 is 5.32 Å². The van der Waals surface area contributed by atoms with Crippen LogP contribution in [-0.4, -0.2) is 30.1 Å². The summed E-state index contributed by atoms with van der Waals surface area (Å²) in [6.07, 6.45) is 1.94. The van der Waals surface area contributed by atoms with Crippen molar-refractivity contribution in [3.63, 3.8) is 0 Å². The lowest BCUT2D eigenvalue weighted by molar-refractivity contribution is -0.123. The summed E-state index contributed by atoms with van der Waals surface area (Å²) in [5.41, 5.74) is 0. The summed E-state index contributed by atoms with van der Waals surface area (Å²) in [7, 11) is 0. The number of rotatable bonds is 2. The first-order chi connectivity index (χ1) is 4.34. The zero-order chi connectivity index (χ0) is 6.69. The molecule has 1 rings (SSSR count). The van der Waals surface area contributed by atoms with Gasteiger partial charge in [0.2, 0.25) is 0 Å². The van der Waals surface area contributed by atoms with E-state index >= 15 is 0 Å². The summed E-state index contributed by atoms with van der Waals surface area (Å²) in [5.74, 6) is -0.0764. The van der Waals surface area contributed by atoms with Crippen molar-refractivity contribution in [1.82, 2.24) is 5.32 Å². The van der Waals surface area contributed by atoms with Crippen LogP contribution in [0.1, 0.15) is 12.8 Å². The standard InChI is InChI=1S/C6H11NO2.ClH/c8-4-6(9)5-2-1-3-7-5;/h5,7-8H,1-4H2;1H. The Hall–Kier alpha value is -0.120. The number of carbonyl (C=O) groups excluding carboxylic acids is 1. The smallest absolute Gasteiger partial charge is 0.174 e. The lowest BCUT2D eigenvalue weighted by Gasteiger charge is -2.04. The molecule has 0 aromatic heterocycles. The van der Waals surface area contributed by atoms with Gasteiger partial charge in [0, 0.05) is 0 Å². The van der Waals surface area contributed by atoms with E-state index in [0.717, 1.165) is 19.4 Å². The van der Waals surface area contributed by atoms with E-state index in [4.69, 9.17) is 5.11 Å². The van der Waals surface area contributed by atoms with E-state index in [2.05, 4.69) is 5.32 Å². The fourth-order valence-electron chi connectivity index (χ4n) is 1.07. The van der Waals surface area contributed by atoms with E-state index in [1.54, 1.807) is 0 Å². The van der Waals surface area contributed by atoms with E-state index in [0.29, 0.717) is 0 Å². The molecule has 0 amide bonds. The third-order valence-electron chi connectivity index (χ3n) is 1.60. The normalized spacial score (nSPS) is 23.9. The van der Waals surface area contributed by atoms with Crippen LogP contribution in [0.15, 0.2) is 0 Å². The lowest BCUT2D eigenvalue weighted by atomic mass is 10.1. The molecule has 1 unspecified atom stereocenters. The number of nitrogens with one attached hydrogen (secondary N) is 1. The molecule has 0 aromatic rings. The van der Waals surface area contributed by atoms with Crippen molar-refractivity contribution in [2.75, 3.05) is 13.2 Å². The molecule has 1 saturated heterocycles. The Morgan fingerprint density at radius 1 is 1.70 bits per heavy atom. The Kier molecular flexibility index (Phi) is 4.60. The Balaban J connectivity index is 0.000000810. The van der Waals surface area contributed by atoms with Gasteiger partial charge in [0.25, 0.3) is 0 Å². The van der Waals surface area contributed by atoms with Crippen LogP contribution in [0.25, 0.3) is 0 Å². The highest BCUT2D eigenvalue weighted by atomic mass is 35.5. The molecule has 0 aromatic carbocycles. The molecule has 1 heterocycles. The van der Waals surface area contributed by atoms with Gasteiger partial charge in [-0.2, -0.15) is 0 Å². The zero-order valence-electron chi connectivity index (χ0n) is 5.67. The van der Waals surface area contributed by atoms with Crippen molar-refractivity contribution in [1.29, 1.82) is 0 Å². The molecule has 1 atom stereocenters. The van der Waals surface area contributed by atoms with Crippen molar-refractivity contribution < 1.29 is 9.90 Å². The topological polar surface area (TPSA) is 49.3 Å². The van der Waals surface area contributed by atoms with Crippen LogP contribution in [0.3, 0.4) is 0 Å². The van der Waals surface area contributed by atoms with Gasteiger partial charge in [0.15, 0.2) is 5.78 Å². The van der Waals surface area contributed by atoms with Gasteiger partial charge in [-0.25, -0.2) is 0 Å². The molecule has 0 saturated carbocycles. The molecule has 2 N–H and O–H groups in total. The van der Waals surface area contributed by atoms with Crippen LogP contribution in [0.4, 0.5) is 0 Å². The highest BCUT2D eigenvalue weighted by Gasteiger charge is 2.20. The molecule has 4 heteroatoms. The maximum absolute atomic E-state index is 10.7. The maximum Gasteiger partial charge on any atom is 0.174 e. The molecule has 1 fully saturated rings. The monoisotopic (exact) mass is 165 g/mol. The minimum absolute atomic E-state index is 0. The number of aliphatic hydroxyl groups excluding tert-OH is 1. The van der Waals surface area contributed by atoms with Gasteiger partial charge in [-0.3, -0.25) is 4.79 Å². The third kappa shape index (κ3) is 2.25. The van der Waals surface area contributed by atoms with Gasteiger partial charge in [-0.1, -0.05) is 0 Å². The summed E-state index contributed by atoms with van der Waals surface area (Å²) < 4.78 is 0. The van der Waals surface area contributed by atoms with Crippen LogP contribution in [0, 0.1) is 0 Å². The lowest BCUT2D eigenvalue weighted by Crippen LogP contribution is -2.32. The van der Waals surface area contributed by atoms with Gasteiger partial charge in [-0.05, 0) is 19.4 Å². The number of carbonyl (C=O) groups is 1. The van der Waals surface area contributed by atoms with E-state index in [-0.39, 0.29) is 30.8 Å². The Morgan fingerprint density at radius 2 is 2.40 bits per heavy atom. The Labute approximate surface area is 66.2 Å². The molecule has 0 bridgehead atoms. The summed E-state index contributed by atoms with van der Waals surface area (Å²) in [4.78, 5) is 10.7. The zero-order valence-corrected chi connectivity index (χ0v) is 6.49. The Morgan fingerprint density at radius 3 is 2.80 bits per heavy atom. The maximum atomic E-state index is 10.7. The highest BCUT2D eigenvalue weighted by Crippen LogP contribution is 2.04. The van der Waals surface area contributed by atoms with Crippen molar-refractivity contribution in [2.45, 2.75) is 18.9 Å².